The van der Waals surface area contributed by atoms with Gasteiger partial charge in [-0.15, -0.1) is 0 Å². The monoisotopic (exact) mass is 389 g/mol. The standard InChI is InChI=1S/C22H16FN3O3/c1-12-20-16(21(28)18-9-13-5-2-3-8-17(13)29-18)11-19(27)24-22(20)26(25-12)15-7-4-6-14(23)10-15/h2-10,16H,11H2,1H3,(H,24,27). The molecule has 0 aliphatic carbocycles. The number of carbonyl (C=O) groups is 2. The molecule has 6 nitrogen and oxygen atoms in total. The highest BCUT2D eigenvalue weighted by Gasteiger charge is 2.37. The van der Waals surface area contributed by atoms with Crippen LogP contribution in [0.5, 0.6) is 0 Å². The number of rotatable bonds is 3. The third-order valence-corrected chi connectivity index (χ3v) is 5.14. The van der Waals surface area contributed by atoms with Crippen LogP contribution in [-0.4, -0.2) is 21.5 Å². The molecular weight excluding hydrogens is 373 g/mol. The average Bonchev–Trinajstić information content (AvgIpc) is 3.28. The largest absolute Gasteiger partial charge is 0.453 e. The van der Waals surface area contributed by atoms with E-state index in [1.165, 1.54) is 16.8 Å². The predicted molar refractivity (Wildman–Crippen MR) is 105 cm³/mol. The summed E-state index contributed by atoms with van der Waals surface area (Å²) >= 11 is 0. The van der Waals surface area contributed by atoms with Crippen LogP contribution in [0.4, 0.5) is 10.2 Å². The lowest BCUT2D eigenvalue weighted by Crippen LogP contribution is -2.28. The van der Waals surface area contributed by atoms with Crippen molar-refractivity contribution >= 4 is 28.5 Å². The van der Waals surface area contributed by atoms with Crippen molar-refractivity contribution in [1.29, 1.82) is 0 Å². The van der Waals surface area contributed by atoms with Crippen molar-refractivity contribution in [2.75, 3.05) is 5.32 Å². The molecule has 1 aliphatic rings. The second-order valence-electron chi connectivity index (χ2n) is 7.06. The van der Waals surface area contributed by atoms with E-state index in [0.29, 0.717) is 28.3 Å². The van der Waals surface area contributed by atoms with Gasteiger partial charge < -0.3 is 9.73 Å². The average molecular weight is 389 g/mol. The molecule has 3 heterocycles. The third-order valence-electron chi connectivity index (χ3n) is 5.14. The molecule has 1 aliphatic heterocycles. The van der Waals surface area contributed by atoms with E-state index in [0.717, 1.165) is 5.39 Å². The minimum atomic E-state index is -0.721. The van der Waals surface area contributed by atoms with Crippen LogP contribution < -0.4 is 5.32 Å². The quantitative estimate of drug-likeness (QED) is 0.528. The second kappa shape index (κ2) is 6.41. The highest BCUT2D eigenvalue weighted by atomic mass is 19.1. The van der Waals surface area contributed by atoms with Gasteiger partial charge in [-0.1, -0.05) is 24.3 Å². The van der Waals surface area contributed by atoms with Gasteiger partial charge in [0.1, 0.15) is 17.2 Å². The Bertz CT molecular complexity index is 1250. The summed E-state index contributed by atoms with van der Waals surface area (Å²) in [6, 6.07) is 15.0. The molecule has 7 heteroatoms. The van der Waals surface area contributed by atoms with E-state index in [9.17, 15) is 14.0 Å². The molecular formula is C22H16FN3O3. The molecule has 1 atom stereocenters. The number of nitrogens with one attached hydrogen (secondary N) is 1. The molecule has 29 heavy (non-hydrogen) atoms. The number of ketones is 1. The van der Waals surface area contributed by atoms with Gasteiger partial charge in [-0.05, 0) is 37.3 Å². The zero-order valence-electron chi connectivity index (χ0n) is 15.5. The Morgan fingerprint density at radius 1 is 1.21 bits per heavy atom. The molecule has 2 aromatic heterocycles. The molecule has 1 N–H and O–H groups in total. The Hall–Kier alpha value is -3.74. The molecule has 4 aromatic rings. The Kier molecular flexibility index (Phi) is 3.84. The van der Waals surface area contributed by atoms with E-state index < -0.39 is 11.7 Å². The molecule has 0 bridgehead atoms. The summed E-state index contributed by atoms with van der Waals surface area (Å²) in [6.45, 7) is 1.77. The van der Waals surface area contributed by atoms with E-state index in [-0.39, 0.29) is 23.9 Å². The number of fused-ring (bicyclic) bond motifs is 2. The number of amides is 1. The summed E-state index contributed by atoms with van der Waals surface area (Å²) < 4.78 is 20.9. The first-order valence-electron chi connectivity index (χ1n) is 9.19. The van der Waals surface area contributed by atoms with Crippen molar-refractivity contribution in [3.05, 3.63) is 77.4 Å². The number of halogens is 1. The summed E-state index contributed by atoms with van der Waals surface area (Å²) in [5.74, 6) is -1.12. The van der Waals surface area contributed by atoms with Gasteiger partial charge in [0.2, 0.25) is 11.7 Å². The van der Waals surface area contributed by atoms with E-state index >= 15 is 0 Å². The highest BCUT2D eigenvalue weighted by molar-refractivity contribution is 6.08. The smallest absolute Gasteiger partial charge is 0.226 e. The Morgan fingerprint density at radius 3 is 2.83 bits per heavy atom. The van der Waals surface area contributed by atoms with Crippen molar-refractivity contribution in [2.24, 2.45) is 0 Å². The van der Waals surface area contributed by atoms with Crippen LogP contribution in [0.1, 0.15) is 34.2 Å². The minimum absolute atomic E-state index is 0.00143. The number of carbonyl (C=O) groups excluding carboxylic acids is 2. The fourth-order valence-electron chi connectivity index (χ4n) is 3.84. The van der Waals surface area contributed by atoms with Crippen LogP contribution in [0, 0.1) is 12.7 Å². The maximum atomic E-state index is 13.7. The van der Waals surface area contributed by atoms with Gasteiger partial charge in [-0.2, -0.15) is 5.10 Å². The Balaban J connectivity index is 1.62. The van der Waals surface area contributed by atoms with Crippen molar-refractivity contribution in [3.63, 3.8) is 0 Å². The fourth-order valence-corrected chi connectivity index (χ4v) is 3.84. The van der Waals surface area contributed by atoms with Gasteiger partial charge in [0.05, 0.1) is 17.3 Å². The van der Waals surface area contributed by atoms with Gasteiger partial charge in [-0.25, -0.2) is 9.07 Å². The van der Waals surface area contributed by atoms with E-state index in [2.05, 4.69) is 10.4 Å². The number of benzene rings is 2. The number of hydrogen-bond donors (Lipinski definition) is 1. The third kappa shape index (κ3) is 2.82. The van der Waals surface area contributed by atoms with Crippen LogP contribution in [0.2, 0.25) is 0 Å². The first kappa shape index (κ1) is 17.4. The molecule has 5 rings (SSSR count). The van der Waals surface area contributed by atoms with Crippen LogP contribution in [0.3, 0.4) is 0 Å². The van der Waals surface area contributed by atoms with E-state index in [4.69, 9.17) is 4.42 Å². The van der Waals surface area contributed by atoms with Crippen molar-refractivity contribution < 1.29 is 18.4 Å². The summed E-state index contributed by atoms with van der Waals surface area (Å²) in [5, 5.41) is 8.07. The van der Waals surface area contributed by atoms with Gasteiger partial charge in [0.25, 0.3) is 0 Å². The molecule has 0 radical (unpaired) electrons. The summed E-state index contributed by atoms with van der Waals surface area (Å²) in [4.78, 5) is 25.7. The SMILES string of the molecule is Cc1nn(-c2cccc(F)c2)c2c1C(C(=O)c1cc3ccccc3o1)CC(=O)N2. The molecule has 0 spiro atoms. The number of furan rings is 1. The summed E-state index contributed by atoms with van der Waals surface area (Å²) in [5.41, 5.74) is 2.30. The zero-order valence-corrected chi connectivity index (χ0v) is 15.5. The van der Waals surface area contributed by atoms with Crippen molar-refractivity contribution in [2.45, 2.75) is 19.3 Å². The van der Waals surface area contributed by atoms with Gasteiger partial charge in [0.15, 0.2) is 5.76 Å². The van der Waals surface area contributed by atoms with Gasteiger partial charge in [-0.3, -0.25) is 9.59 Å². The lowest BCUT2D eigenvalue weighted by atomic mass is 9.87. The fraction of sp³-hybridized carbons (Fsp3) is 0.136. The maximum absolute atomic E-state index is 13.7. The zero-order chi connectivity index (χ0) is 20.1. The summed E-state index contributed by atoms with van der Waals surface area (Å²) in [7, 11) is 0. The molecule has 0 saturated heterocycles. The molecule has 1 unspecified atom stereocenters. The molecule has 0 fully saturated rings. The predicted octanol–water partition coefficient (Wildman–Crippen LogP) is 4.37. The van der Waals surface area contributed by atoms with Crippen LogP contribution >= 0.6 is 0 Å². The van der Waals surface area contributed by atoms with Crippen LogP contribution in [0.15, 0.2) is 59.0 Å². The van der Waals surface area contributed by atoms with Crippen molar-refractivity contribution in [1.82, 2.24) is 9.78 Å². The van der Waals surface area contributed by atoms with E-state index in [1.807, 2.05) is 18.2 Å². The lowest BCUT2D eigenvalue weighted by Gasteiger charge is -2.22. The molecule has 0 saturated carbocycles. The summed E-state index contributed by atoms with van der Waals surface area (Å²) in [6.07, 6.45) is -0.00143. The number of para-hydroxylation sites is 1. The Morgan fingerprint density at radius 2 is 2.03 bits per heavy atom. The number of anilines is 1. The van der Waals surface area contributed by atoms with Gasteiger partial charge in [0, 0.05) is 17.4 Å². The highest BCUT2D eigenvalue weighted by Crippen LogP contribution is 2.39. The number of nitrogens with zero attached hydrogens (tertiary/aromatic N) is 2. The number of aromatic nitrogens is 2. The van der Waals surface area contributed by atoms with Crippen LogP contribution in [-0.2, 0) is 4.79 Å². The lowest BCUT2D eigenvalue weighted by molar-refractivity contribution is -0.116. The number of Topliss-reactive ketones (excluding diaryl/α,β-unsaturated/α-hetero) is 1. The van der Waals surface area contributed by atoms with Gasteiger partial charge >= 0.3 is 0 Å². The topological polar surface area (TPSA) is 77.1 Å². The molecule has 1 amide bonds. The van der Waals surface area contributed by atoms with Crippen LogP contribution in [0.25, 0.3) is 16.7 Å². The Labute approximate surface area is 164 Å². The first-order chi connectivity index (χ1) is 14.0. The first-order valence-corrected chi connectivity index (χ1v) is 9.19. The number of aryl methyl sites for hydroxylation is 1. The molecule has 2 aromatic carbocycles. The van der Waals surface area contributed by atoms with E-state index in [1.54, 1.807) is 31.2 Å². The maximum Gasteiger partial charge on any atom is 0.226 e. The minimum Gasteiger partial charge on any atom is -0.453 e. The second-order valence-corrected chi connectivity index (χ2v) is 7.06. The molecule has 144 valence electrons. The normalized spacial score (nSPS) is 15.9. The number of hydrogen-bond acceptors (Lipinski definition) is 4. The van der Waals surface area contributed by atoms with Crippen molar-refractivity contribution in [3.8, 4) is 5.69 Å².